The molecule has 0 aromatic carbocycles. The van der Waals surface area contributed by atoms with Gasteiger partial charge in [-0.1, -0.05) is 0 Å². The van der Waals surface area contributed by atoms with Crippen LogP contribution in [0.3, 0.4) is 0 Å². The summed E-state index contributed by atoms with van der Waals surface area (Å²) in [5.74, 6) is -0.315. The molecule has 0 aromatic rings. The van der Waals surface area contributed by atoms with Crippen molar-refractivity contribution in [3.05, 3.63) is 6.61 Å². The Morgan fingerprint density at radius 2 is 2.00 bits per heavy atom. The minimum Gasteiger partial charge on any atom is -0.540 e. The van der Waals surface area contributed by atoms with E-state index in [1.165, 1.54) is 6.92 Å². The van der Waals surface area contributed by atoms with Crippen molar-refractivity contribution in [3.8, 4) is 0 Å². The van der Waals surface area contributed by atoms with E-state index < -0.39 is 0 Å². The molecule has 1 N–H and O–H groups in total. The van der Waals surface area contributed by atoms with Crippen LogP contribution in [-0.4, -0.2) is 10.9 Å². The Morgan fingerprint density at radius 3 is 2.00 bits per heavy atom. The summed E-state index contributed by atoms with van der Waals surface area (Å²) in [4.78, 5) is 9.51. The van der Waals surface area contributed by atoms with E-state index >= 15 is 0 Å². The van der Waals surface area contributed by atoms with Gasteiger partial charge in [-0.3, -0.25) is 0 Å². The van der Waals surface area contributed by atoms with Crippen LogP contribution in [0.4, 0.5) is 0 Å². The number of hydrogen-bond donors (Lipinski definition) is 1. The number of rotatable bonds is 1. The summed E-state index contributed by atoms with van der Waals surface area (Å²) in [6.45, 7) is 1.81. The Kier molecular flexibility index (Phi) is 8.90. The summed E-state index contributed by atoms with van der Waals surface area (Å²) in [5, 5.41) is 7.67. The van der Waals surface area contributed by atoms with Gasteiger partial charge in [-0.2, -0.15) is 0 Å². The molecule has 0 atom stereocenters. The van der Waals surface area contributed by atoms with Crippen LogP contribution in [0.1, 0.15) is 6.92 Å². The Labute approximate surface area is 58.8 Å². The average molecular weight is 96.1 g/mol. The first kappa shape index (κ1) is 9.71. The van der Waals surface area contributed by atoms with E-state index in [-0.39, 0.29) is 35.3 Å². The van der Waals surface area contributed by atoms with Crippen molar-refractivity contribution in [3.63, 3.8) is 0 Å². The fraction of sp³-hybridized carbons (Fsp3) is 0.333. The molecule has 0 aliphatic carbocycles. The summed E-state index contributed by atoms with van der Waals surface area (Å²) in [5.41, 5.74) is 0. The third kappa shape index (κ3) is 8.82. The monoisotopic (exact) mass is 96.0 g/mol. The molecule has 0 aromatic heterocycles. The number of carbonyl (C=O) groups excluding carboxylic acids is 1. The molecule has 0 aliphatic rings. The average Bonchev–Trinajstić information content (AvgIpc) is 1.38. The van der Waals surface area contributed by atoms with Crippen molar-refractivity contribution in [2.75, 3.05) is 0 Å². The number of aliphatic hydroxyl groups is 1. The van der Waals surface area contributed by atoms with Gasteiger partial charge in [-0.15, -0.1) is 0 Å². The number of hydrogen-bond acceptors (Lipinski definition) is 2. The van der Waals surface area contributed by atoms with E-state index in [1.54, 1.807) is 0 Å². The zero-order valence-corrected chi connectivity index (χ0v) is 5.93. The molecule has 30 valence electrons. The second-order valence-electron chi connectivity index (χ2n) is 0.740. The molecular formula is C3H5NaO2. The molecular weight excluding hydrogens is 91.0 g/mol. The molecule has 2 nitrogen and oxygen atoms in total. The van der Waals surface area contributed by atoms with Gasteiger partial charge in [0.25, 0.3) is 0 Å². The van der Waals surface area contributed by atoms with E-state index in [1.807, 2.05) is 0 Å². The van der Waals surface area contributed by atoms with Crippen molar-refractivity contribution < 1.29 is 39.5 Å². The number of carbonyl (C=O) groups is 1. The molecule has 0 aliphatic heterocycles. The van der Waals surface area contributed by atoms with Gasteiger partial charge in [0.15, 0.2) is 0 Å². The summed E-state index contributed by atoms with van der Waals surface area (Å²) in [6, 6.07) is 0. The Balaban J connectivity index is 0. The molecule has 0 rings (SSSR count). The maximum Gasteiger partial charge on any atom is 1.00 e. The summed E-state index contributed by atoms with van der Waals surface area (Å²) >= 11 is 0. The fourth-order valence-electron chi connectivity index (χ4n) is 0. The standard InChI is InChI=1S/C3H5O2.Na/c1-3(5)2-4;/h2,4H,1H3;/q-1;+1. The summed E-state index contributed by atoms with van der Waals surface area (Å²) < 4.78 is 0. The smallest absolute Gasteiger partial charge is 0.540 e. The van der Waals surface area contributed by atoms with Gasteiger partial charge in [0.2, 0.25) is 0 Å². The number of aliphatic hydroxyl groups excluding tert-OH is 1. The summed E-state index contributed by atoms with van der Waals surface area (Å²) in [6.07, 6.45) is 0. The van der Waals surface area contributed by atoms with Crippen LogP contribution in [0.25, 0.3) is 0 Å². The van der Waals surface area contributed by atoms with Crippen LogP contribution in [0.5, 0.6) is 0 Å². The Hall–Kier alpha value is 0.500. The number of Topliss-reactive ketones (excluding diaryl/α,β-unsaturated/α-hetero) is 1. The first-order chi connectivity index (χ1) is 2.27. The first-order valence-corrected chi connectivity index (χ1v) is 1.25. The molecule has 0 spiro atoms. The molecule has 3 heteroatoms. The minimum absolute atomic E-state index is 0. The number of ketones is 1. The van der Waals surface area contributed by atoms with E-state index in [0.717, 1.165) is 0 Å². The molecule has 0 bridgehead atoms. The first-order valence-electron chi connectivity index (χ1n) is 1.25. The van der Waals surface area contributed by atoms with Crippen LogP contribution in [0.15, 0.2) is 0 Å². The molecule has 0 radical (unpaired) electrons. The van der Waals surface area contributed by atoms with Crippen LogP contribution in [0.2, 0.25) is 0 Å². The largest absolute Gasteiger partial charge is 1.00 e. The van der Waals surface area contributed by atoms with Gasteiger partial charge in [0.05, 0.1) is 0 Å². The van der Waals surface area contributed by atoms with E-state index in [2.05, 4.69) is 0 Å². The van der Waals surface area contributed by atoms with Gasteiger partial charge in [0, 0.05) is 5.78 Å². The van der Waals surface area contributed by atoms with Crippen LogP contribution >= 0.6 is 0 Å². The second-order valence-corrected chi connectivity index (χ2v) is 0.740. The SMILES string of the molecule is CC(=O)[CH-]O.[Na+]. The zero-order valence-electron chi connectivity index (χ0n) is 3.93. The summed E-state index contributed by atoms with van der Waals surface area (Å²) in [7, 11) is 0. The molecule has 0 fully saturated rings. The quantitative estimate of drug-likeness (QED) is 0.281. The van der Waals surface area contributed by atoms with Gasteiger partial charge >= 0.3 is 29.6 Å². The topological polar surface area (TPSA) is 37.3 Å². The maximum absolute atomic E-state index is 9.51. The van der Waals surface area contributed by atoms with E-state index in [9.17, 15) is 4.79 Å². The molecule has 0 saturated carbocycles. The van der Waals surface area contributed by atoms with Crippen LogP contribution in [0, 0.1) is 6.61 Å². The molecule has 6 heavy (non-hydrogen) atoms. The molecule has 0 amide bonds. The normalized spacial score (nSPS) is 5.67. The van der Waals surface area contributed by atoms with Gasteiger partial charge in [0.1, 0.15) is 0 Å². The van der Waals surface area contributed by atoms with Crippen molar-refractivity contribution in [1.82, 2.24) is 0 Å². The Bertz CT molecular complexity index is 44.1. The van der Waals surface area contributed by atoms with Crippen LogP contribution in [-0.2, 0) is 4.79 Å². The minimum atomic E-state index is -0.315. The van der Waals surface area contributed by atoms with Gasteiger partial charge in [-0.25, -0.2) is 6.61 Å². The molecule has 0 heterocycles. The van der Waals surface area contributed by atoms with E-state index in [4.69, 9.17) is 5.11 Å². The third-order valence-corrected chi connectivity index (χ3v) is 0.182. The predicted octanol–water partition coefficient (Wildman–Crippen LogP) is -2.89. The second kappa shape index (κ2) is 5.50. The van der Waals surface area contributed by atoms with Crippen LogP contribution < -0.4 is 29.6 Å². The third-order valence-electron chi connectivity index (χ3n) is 0.182. The van der Waals surface area contributed by atoms with Crippen molar-refractivity contribution in [2.24, 2.45) is 0 Å². The van der Waals surface area contributed by atoms with Gasteiger partial charge in [-0.05, 0) is 6.92 Å². The zero-order chi connectivity index (χ0) is 4.28. The van der Waals surface area contributed by atoms with E-state index in [0.29, 0.717) is 6.61 Å². The predicted molar refractivity (Wildman–Crippen MR) is 16.9 cm³/mol. The molecule has 0 saturated heterocycles. The Morgan fingerprint density at radius 1 is 1.83 bits per heavy atom. The van der Waals surface area contributed by atoms with Crippen molar-refractivity contribution >= 4 is 5.78 Å². The molecule has 0 unspecified atom stereocenters. The van der Waals surface area contributed by atoms with Crippen molar-refractivity contribution in [2.45, 2.75) is 6.92 Å². The fourth-order valence-corrected chi connectivity index (χ4v) is 0. The van der Waals surface area contributed by atoms with Crippen molar-refractivity contribution in [1.29, 1.82) is 0 Å². The van der Waals surface area contributed by atoms with Gasteiger partial charge < -0.3 is 9.90 Å². The maximum atomic E-state index is 9.51.